The van der Waals surface area contributed by atoms with Crippen LogP contribution in [0.25, 0.3) is 0 Å². The summed E-state index contributed by atoms with van der Waals surface area (Å²) < 4.78 is 5.23. The number of carbonyl (C=O) groups is 1. The molecule has 2 heterocycles. The maximum Gasteiger partial charge on any atom is 0.289 e. The Balaban J connectivity index is 1.26. The second-order valence-electron chi connectivity index (χ2n) is 9.92. The Kier molecular flexibility index (Phi) is 5.27. The molecule has 1 aromatic rings. The minimum absolute atomic E-state index is 0.102. The summed E-state index contributed by atoms with van der Waals surface area (Å²) in [6, 6.07) is 5.60. The highest BCUT2D eigenvalue weighted by atomic mass is 16.3. The quantitative estimate of drug-likeness (QED) is 0.546. The number of furan rings is 1. The van der Waals surface area contributed by atoms with Gasteiger partial charge in [0.25, 0.3) is 5.91 Å². The third-order valence-electron chi connectivity index (χ3n) is 7.89. The van der Waals surface area contributed by atoms with Crippen molar-refractivity contribution in [3.05, 3.63) is 24.2 Å². The van der Waals surface area contributed by atoms with Crippen LogP contribution in [0.4, 0.5) is 0 Å². The smallest absolute Gasteiger partial charge is 0.289 e. The largest absolute Gasteiger partial charge is 0.459 e. The molecule has 0 spiro atoms. The van der Waals surface area contributed by atoms with Gasteiger partial charge < -0.3 is 20.2 Å². The zero-order valence-corrected chi connectivity index (χ0v) is 17.8. The minimum atomic E-state index is -0.486. The first-order valence-corrected chi connectivity index (χ1v) is 11.4. The summed E-state index contributed by atoms with van der Waals surface area (Å²) in [5.74, 6) is 2.23. The van der Waals surface area contributed by atoms with E-state index in [4.69, 9.17) is 15.1 Å². The number of nitrogens with zero attached hydrogens (tertiary/aromatic N) is 4. The van der Waals surface area contributed by atoms with Gasteiger partial charge in [-0.25, -0.2) is 0 Å². The van der Waals surface area contributed by atoms with Gasteiger partial charge >= 0.3 is 0 Å². The Morgan fingerprint density at radius 1 is 1.29 bits per heavy atom. The number of nitriles is 1. The molecular weight excluding hydrogens is 394 g/mol. The number of hydrogen-bond donors (Lipinski definition) is 2. The van der Waals surface area contributed by atoms with E-state index in [1.54, 1.807) is 17.0 Å². The average Bonchev–Trinajstić information content (AvgIpc) is 3.28. The molecule has 31 heavy (non-hydrogen) atoms. The van der Waals surface area contributed by atoms with Gasteiger partial charge in [-0.2, -0.15) is 5.26 Å². The summed E-state index contributed by atoms with van der Waals surface area (Å²) >= 11 is 0. The van der Waals surface area contributed by atoms with Crippen molar-refractivity contribution in [3.8, 4) is 6.07 Å². The fraction of sp³-hybridized carbons (Fsp3) is 0.696. The molecule has 5 fully saturated rings. The van der Waals surface area contributed by atoms with E-state index >= 15 is 0 Å². The maximum absolute atomic E-state index is 12.5. The molecule has 1 aromatic heterocycles. The third-order valence-corrected chi connectivity index (χ3v) is 7.89. The molecule has 5 aliphatic rings. The first-order chi connectivity index (χ1) is 15.0. The number of carbonyl (C=O) groups excluding carboxylic acids is 1. The van der Waals surface area contributed by atoms with Gasteiger partial charge in [0, 0.05) is 26.2 Å². The van der Waals surface area contributed by atoms with Gasteiger partial charge in [0.2, 0.25) is 0 Å². The molecule has 3 atom stereocenters. The highest BCUT2D eigenvalue weighted by Gasteiger charge is 2.55. The number of amides is 1. The Morgan fingerprint density at radius 3 is 2.58 bits per heavy atom. The minimum Gasteiger partial charge on any atom is -0.459 e. The SMILES string of the molecule is N#CCC(C(N)=NC1C2CC3CC1CC(O)(C3)C2)N1CCN(C(=O)c2ccco2)CC1. The Hall–Kier alpha value is -2.37. The number of aliphatic imine (C=N–C) groups is 1. The van der Waals surface area contributed by atoms with Crippen LogP contribution in [0, 0.1) is 29.1 Å². The molecule has 3 unspecified atom stereocenters. The number of aliphatic hydroxyl groups is 1. The van der Waals surface area contributed by atoms with Crippen LogP contribution in [0.15, 0.2) is 27.8 Å². The van der Waals surface area contributed by atoms with Gasteiger partial charge in [0.15, 0.2) is 5.76 Å². The molecule has 3 N–H and O–H groups in total. The number of amidine groups is 1. The van der Waals surface area contributed by atoms with Crippen molar-refractivity contribution in [2.24, 2.45) is 28.5 Å². The lowest BCUT2D eigenvalue weighted by Crippen LogP contribution is -2.58. The van der Waals surface area contributed by atoms with E-state index in [9.17, 15) is 15.2 Å². The summed E-state index contributed by atoms with van der Waals surface area (Å²) in [4.78, 5) is 21.5. The van der Waals surface area contributed by atoms with Crippen LogP contribution in [-0.2, 0) is 0 Å². The highest BCUT2D eigenvalue weighted by molar-refractivity contribution is 5.91. The van der Waals surface area contributed by atoms with Crippen LogP contribution in [0.1, 0.15) is 49.1 Å². The summed E-state index contributed by atoms with van der Waals surface area (Å²) in [5, 5.41) is 20.2. The van der Waals surface area contributed by atoms with Gasteiger partial charge in [-0.15, -0.1) is 0 Å². The molecule has 1 aliphatic heterocycles. The lowest BCUT2D eigenvalue weighted by Gasteiger charge is -2.57. The molecule has 8 heteroatoms. The summed E-state index contributed by atoms with van der Waals surface area (Å²) in [5.41, 5.74) is 6.03. The Labute approximate surface area is 182 Å². The second kappa shape index (κ2) is 7.95. The van der Waals surface area contributed by atoms with Crippen molar-refractivity contribution in [1.29, 1.82) is 5.26 Å². The van der Waals surface area contributed by atoms with Gasteiger partial charge in [-0.05, 0) is 62.0 Å². The molecule has 6 rings (SSSR count). The first kappa shape index (κ1) is 20.5. The highest BCUT2D eigenvalue weighted by Crippen LogP contribution is 2.56. The normalized spacial score (nSPS) is 36.4. The molecule has 1 amide bonds. The fourth-order valence-corrected chi connectivity index (χ4v) is 6.72. The van der Waals surface area contributed by atoms with Gasteiger partial charge in [-0.3, -0.25) is 14.7 Å². The molecule has 4 saturated carbocycles. The van der Waals surface area contributed by atoms with Crippen LogP contribution in [0.3, 0.4) is 0 Å². The van der Waals surface area contributed by atoms with Crippen molar-refractivity contribution in [3.63, 3.8) is 0 Å². The van der Waals surface area contributed by atoms with Crippen molar-refractivity contribution in [2.75, 3.05) is 26.2 Å². The predicted molar refractivity (Wildman–Crippen MR) is 114 cm³/mol. The van der Waals surface area contributed by atoms with E-state index in [0.717, 1.165) is 32.1 Å². The van der Waals surface area contributed by atoms with E-state index < -0.39 is 5.60 Å². The molecule has 0 radical (unpaired) electrons. The topological polar surface area (TPSA) is 119 Å². The summed E-state index contributed by atoms with van der Waals surface area (Å²) in [6.07, 6.45) is 6.68. The zero-order chi connectivity index (χ0) is 21.6. The average molecular weight is 426 g/mol. The van der Waals surface area contributed by atoms with Crippen molar-refractivity contribution in [1.82, 2.24) is 9.80 Å². The maximum atomic E-state index is 12.5. The standard InChI is InChI=1S/C23H31N5O3/c24-4-3-18(27-5-7-28(8-6-27)22(29)19-2-1-9-31-19)21(25)26-20-16-10-15-11-17(20)14-23(30,12-15)13-16/h1-2,9,15-18,20,30H,3,5-8,10-14H2,(H2,25,26). The Morgan fingerprint density at radius 2 is 2.00 bits per heavy atom. The molecule has 0 aromatic carbocycles. The second-order valence-corrected chi connectivity index (χ2v) is 9.92. The molecule has 1 saturated heterocycles. The van der Waals surface area contributed by atoms with Gasteiger partial charge in [0.05, 0.1) is 36.4 Å². The van der Waals surface area contributed by atoms with Crippen molar-refractivity contribution in [2.45, 2.75) is 56.2 Å². The lowest BCUT2D eigenvalue weighted by molar-refractivity contribution is -0.132. The van der Waals surface area contributed by atoms with Crippen molar-refractivity contribution < 1.29 is 14.3 Å². The van der Waals surface area contributed by atoms with E-state index in [0.29, 0.717) is 55.5 Å². The molecular formula is C23H31N5O3. The van der Waals surface area contributed by atoms with E-state index in [1.165, 1.54) is 6.26 Å². The molecule has 166 valence electrons. The van der Waals surface area contributed by atoms with Gasteiger partial charge in [-0.1, -0.05) is 0 Å². The van der Waals surface area contributed by atoms with Crippen LogP contribution in [0.5, 0.6) is 0 Å². The monoisotopic (exact) mass is 425 g/mol. The van der Waals surface area contributed by atoms with Crippen LogP contribution < -0.4 is 5.73 Å². The zero-order valence-electron chi connectivity index (χ0n) is 17.8. The molecule has 4 bridgehead atoms. The van der Waals surface area contributed by atoms with Crippen LogP contribution in [0.2, 0.25) is 0 Å². The lowest BCUT2D eigenvalue weighted by atomic mass is 9.52. The number of nitrogens with two attached hydrogens (primary N) is 1. The summed E-state index contributed by atoms with van der Waals surface area (Å²) in [6.45, 7) is 2.43. The number of piperazine rings is 1. The first-order valence-electron chi connectivity index (χ1n) is 11.4. The summed E-state index contributed by atoms with van der Waals surface area (Å²) in [7, 11) is 0. The predicted octanol–water partition coefficient (Wildman–Crippen LogP) is 1.62. The fourth-order valence-electron chi connectivity index (χ4n) is 6.72. The van der Waals surface area contributed by atoms with Gasteiger partial charge in [0.1, 0.15) is 5.84 Å². The van der Waals surface area contributed by atoms with Crippen molar-refractivity contribution >= 4 is 11.7 Å². The third kappa shape index (κ3) is 3.85. The van der Waals surface area contributed by atoms with E-state index in [-0.39, 0.29) is 24.4 Å². The van der Waals surface area contributed by atoms with Crippen LogP contribution >= 0.6 is 0 Å². The van der Waals surface area contributed by atoms with Crippen LogP contribution in [-0.4, -0.2) is 70.5 Å². The van der Waals surface area contributed by atoms with E-state index in [2.05, 4.69) is 11.0 Å². The van der Waals surface area contributed by atoms with E-state index in [1.807, 2.05) is 0 Å². The molecule has 4 aliphatic carbocycles. The number of hydrogen-bond acceptors (Lipinski definition) is 6. The number of rotatable bonds is 5. The Bertz CT molecular complexity index is 868. The molecule has 8 nitrogen and oxygen atoms in total.